The van der Waals surface area contributed by atoms with Crippen LogP contribution in [0.3, 0.4) is 0 Å². The highest BCUT2D eigenvalue weighted by molar-refractivity contribution is 7.14. The Labute approximate surface area is 142 Å². The molecule has 1 aromatic heterocycles. The van der Waals surface area contributed by atoms with Crippen molar-refractivity contribution in [2.24, 2.45) is 5.92 Å². The van der Waals surface area contributed by atoms with Gasteiger partial charge in [-0.3, -0.25) is 4.79 Å². The van der Waals surface area contributed by atoms with Crippen LogP contribution in [0.1, 0.15) is 59.8 Å². The first-order valence-electron chi connectivity index (χ1n) is 8.37. The second-order valence-electron chi connectivity index (χ2n) is 7.66. The third-order valence-electron chi connectivity index (χ3n) is 4.54. The highest BCUT2D eigenvalue weighted by Crippen LogP contribution is 2.33. The lowest BCUT2D eigenvalue weighted by Gasteiger charge is -2.22. The number of benzene rings is 1. The number of fused-ring (bicyclic) bond motifs is 1. The molecule has 122 valence electrons. The third kappa shape index (κ3) is 3.50. The van der Waals surface area contributed by atoms with Crippen LogP contribution in [0.2, 0.25) is 0 Å². The van der Waals surface area contributed by atoms with E-state index < -0.39 is 0 Å². The predicted octanol–water partition coefficient (Wildman–Crippen LogP) is 5.42. The molecule has 1 N–H and O–H groups in total. The van der Waals surface area contributed by atoms with E-state index in [4.69, 9.17) is 0 Å². The number of carbonyl (C=O) groups is 1. The summed E-state index contributed by atoms with van der Waals surface area (Å²) in [4.78, 5) is 14.9. The van der Waals surface area contributed by atoms with Crippen LogP contribution in [0.4, 0.5) is 5.69 Å². The van der Waals surface area contributed by atoms with E-state index in [0.29, 0.717) is 0 Å². The van der Waals surface area contributed by atoms with Gasteiger partial charge in [0.25, 0.3) is 5.91 Å². The van der Waals surface area contributed by atoms with Gasteiger partial charge in [-0.05, 0) is 53.9 Å². The van der Waals surface area contributed by atoms with Crippen LogP contribution in [0.25, 0.3) is 0 Å². The zero-order chi connectivity index (χ0) is 16.6. The Hall–Kier alpha value is -1.61. The number of aryl methyl sites for hydroxylation is 1. The van der Waals surface area contributed by atoms with Gasteiger partial charge in [0.1, 0.15) is 0 Å². The number of rotatable bonds is 2. The fourth-order valence-electron chi connectivity index (χ4n) is 3.25. The minimum Gasteiger partial charge on any atom is -0.321 e. The molecule has 3 rings (SSSR count). The Morgan fingerprint density at radius 1 is 1.26 bits per heavy atom. The van der Waals surface area contributed by atoms with Crippen molar-refractivity contribution >= 4 is 22.9 Å². The molecule has 0 aliphatic heterocycles. The Balaban J connectivity index is 1.83. The molecule has 2 nitrogen and oxygen atoms in total. The zero-order valence-corrected chi connectivity index (χ0v) is 15.2. The van der Waals surface area contributed by atoms with Crippen LogP contribution >= 0.6 is 11.3 Å². The van der Waals surface area contributed by atoms with E-state index in [-0.39, 0.29) is 11.3 Å². The van der Waals surface area contributed by atoms with E-state index in [1.54, 1.807) is 11.3 Å². The Morgan fingerprint density at radius 2 is 2.00 bits per heavy atom. The molecule has 0 bridgehead atoms. The first kappa shape index (κ1) is 16.3. The summed E-state index contributed by atoms with van der Waals surface area (Å²) >= 11 is 1.67. The number of nitrogens with one attached hydrogen (secondary N) is 1. The van der Waals surface area contributed by atoms with Gasteiger partial charge < -0.3 is 5.32 Å². The van der Waals surface area contributed by atoms with Crippen molar-refractivity contribution in [2.45, 2.75) is 52.4 Å². The van der Waals surface area contributed by atoms with Gasteiger partial charge in [0, 0.05) is 10.6 Å². The molecule has 0 spiro atoms. The highest BCUT2D eigenvalue weighted by Gasteiger charge is 2.22. The van der Waals surface area contributed by atoms with E-state index in [2.05, 4.69) is 45.1 Å². The van der Waals surface area contributed by atoms with Crippen LogP contribution in [-0.2, 0) is 18.3 Å². The Kier molecular flexibility index (Phi) is 4.33. The van der Waals surface area contributed by atoms with Crippen molar-refractivity contribution in [1.29, 1.82) is 0 Å². The minimum absolute atomic E-state index is 0.00793. The largest absolute Gasteiger partial charge is 0.321 e. The van der Waals surface area contributed by atoms with Gasteiger partial charge in [-0.2, -0.15) is 0 Å². The molecule has 1 atom stereocenters. The lowest BCUT2D eigenvalue weighted by molar-refractivity contribution is 0.103. The molecule has 0 fully saturated rings. The Bertz CT molecular complexity index is 723. The molecule has 2 aromatic rings. The minimum atomic E-state index is 0.00793. The smallest absolute Gasteiger partial charge is 0.265 e. The Morgan fingerprint density at radius 3 is 2.74 bits per heavy atom. The van der Waals surface area contributed by atoms with Gasteiger partial charge in [0.05, 0.1) is 4.88 Å². The first-order valence-corrected chi connectivity index (χ1v) is 9.18. The average molecular weight is 327 g/mol. The standard InChI is InChI=1S/C20H25NOS/c1-13-9-10-17-14(11-13)12-18(23-17)19(22)21-16-8-6-5-7-15(16)20(2,3)4/h5-8,12-13H,9-11H2,1-4H3,(H,21,22)/t13-/m0/s1. The lowest BCUT2D eigenvalue weighted by Crippen LogP contribution is -2.18. The fourth-order valence-corrected chi connectivity index (χ4v) is 4.35. The molecule has 1 heterocycles. The van der Waals surface area contributed by atoms with Gasteiger partial charge in [0.15, 0.2) is 0 Å². The summed E-state index contributed by atoms with van der Waals surface area (Å²) in [6, 6.07) is 10.2. The second-order valence-corrected chi connectivity index (χ2v) is 8.79. The molecule has 23 heavy (non-hydrogen) atoms. The maximum atomic E-state index is 12.7. The third-order valence-corrected chi connectivity index (χ3v) is 5.77. The molecule has 3 heteroatoms. The van der Waals surface area contributed by atoms with Crippen LogP contribution in [-0.4, -0.2) is 5.91 Å². The number of hydrogen-bond acceptors (Lipinski definition) is 2. The normalized spacial score (nSPS) is 17.7. The van der Waals surface area contributed by atoms with E-state index >= 15 is 0 Å². The zero-order valence-electron chi connectivity index (χ0n) is 14.4. The lowest BCUT2D eigenvalue weighted by atomic mass is 9.86. The van der Waals surface area contributed by atoms with Crippen LogP contribution < -0.4 is 5.32 Å². The average Bonchev–Trinajstić information content (AvgIpc) is 2.89. The molecule has 1 aliphatic rings. The summed E-state index contributed by atoms with van der Waals surface area (Å²) in [5.41, 5.74) is 3.48. The summed E-state index contributed by atoms with van der Waals surface area (Å²) in [7, 11) is 0. The summed E-state index contributed by atoms with van der Waals surface area (Å²) < 4.78 is 0. The van der Waals surface area contributed by atoms with Crippen LogP contribution in [0, 0.1) is 5.92 Å². The van der Waals surface area contributed by atoms with E-state index in [0.717, 1.165) is 29.3 Å². The molecule has 0 saturated heterocycles. The van der Waals surface area contributed by atoms with Crippen molar-refractivity contribution in [2.75, 3.05) is 5.32 Å². The van der Waals surface area contributed by atoms with Crippen LogP contribution in [0.15, 0.2) is 30.3 Å². The highest BCUT2D eigenvalue weighted by atomic mass is 32.1. The monoisotopic (exact) mass is 327 g/mol. The number of anilines is 1. The van der Waals surface area contributed by atoms with Gasteiger partial charge in [-0.25, -0.2) is 0 Å². The molecule has 1 aromatic carbocycles. The second kappa shape index (κ2) is 6.12. The van der Waals surface area contributed by atoms with Crippen molar-refractivity contribution in [3.05, 3.63) is 51.2 Å². The number of para-hydroxylation sites is 1. The topological polar surface area (TPSA) is 29.1 Å². The summed E-state index contributed by atoms with van der Waals surface area (Å²) in [6.07, 6.45) is 3.46. The number of thiophene rings is 1. The maximum absolute atomic E-state index is 12.7. The van der Waals surface area contributed by atoms with Gasteiger partial charge in [-0.1, -0.05) is 45.9 Å². The molecular formula is C20H25NOS. The predicted molar refractivity (Wildman–Crippen MR) is 98.6 cm³/mol. The first-order chi connectivity index (χ1) is 10.8. The quantitative estimate of drug-likeness (QED) is 0.783. The van der Waals surface area contributed by atoms with Gasteiger partial charge in [-0.15, -0.1) is 11.3 Å². The SMILES string of the molecule is C[C@H]1CCc2sc(C(=O)Nc3ccccc3C(C)(C)C)cc2C1. The van der Waals surface area contributed by atoms with E-state index in [1.165, 1.54) is 22.4 Å². The van der Waals surface area contributed by atoms with Gasteiger partial charge >= 0.3 is 0 Å². The van der Waals surface area contributed by atoms with Crippen LogP contribution in [0.5, 0.6) is 0 Å². The number of carbonyl (C=O) groups excluding carboxylic acids is 1. The number of hydrogen-bond donors (Lipinski definition) is 1. The fraction of sp³-hybridized carbons (Fsp3) is 0.450. The summed E-state index contributed by atoms with van der Waals surface area (Å²) in [6.45, 7) is 8.80. The van der Waals surface area contributed by atoms with Crippen molar-refractivity contribution in [3.8, 4) is 0 Å². The van der Waals surface area contributed by atoms with Crippen molar-refractivity contribution in [1.82, 2.24) is 0 Å². The van der Waals surface area contributed by atoms with Crippen molar-refractivity contribution in [3.63, 3.8) is 0 Å². The molecule has 1 aliphatic carbocycles. The van der Waals surface area contributed by atoms with Crippen molar-refractivity contribution < 1.29 is 4.79 Å². The molecule has 0 radical (unpaired) electrons. The number of amides is 1. The molecular weight excluding hydrogens is 302 g/mol. The summed E-state index contributed by atoms with van der Waals surface area (Å²) in [5.74, 6) is 0.753. The van der Waals surface area contributed by atoms with E-state index in [9.17, 15) is 4.79 Å². The summed E-state index contributed by atoms with van der Waals surface area (Å²) in [5, 5.41) is 3.13. The van der Waals surface area contributed by atoms with E-state index in [1.807, 2.05) is 18.2 Å². The maximum Gasteiger partial charge on any atom is 0.265 e. The molecule has 0 unspecified atom stereocenters. The molecule has 0 saturated carbocycles. The van der Waals surface area contributed by atoms with Gasteiger partial charge in [0.2, 0.25) is 0 Å². The molecule has 1 amide bonds.